The first-order valence-electron chi connectivity index (χ1n) is 5.30. The first-order chi connectivity index (χ1) is 8.99. The Bertz CT molecular complexity index is 675. The highest BCUT2D eigenvalue weighted by Gasteiger charge is 2.15. The van der Waals surface area contributed by atoms with Crippen LogP contribution in [0.25, 0.3) is 0 Å². The summed E-state index contributed by atoms with van der Waals surface area (Å²) in [5, 5.41) is 10.5. The van der Waals surface area contributed by atoms with E-state index in [2.05, 4.69) is 0 Å². The quantitative estimate of drug-likeness (QED) is 0.772. The molecule has 0 saturated carbocycles. The number of rotatable bonds is 4. The van der Waals surface area contributed by atoms with Crippen LogP contribution in [0, 0.1) is 0 Å². The number of carbonyl (C=O) groups excluding carboxylic acids is 1. The Morgan fingerprint density at radius 3 is 2.05 bits per heavy atom. The van der Waals surface area contributed by atoms with Gasteiger partial charge in [-0.25, -0.2) is 0 Å². The molecule has 0 amide bonds. The number of aromatic carboxylic acids is 1. The normalized spacial score (nSPS) is 10.9. The lowest BCUT2D eigenvalue weighted by Gasteiger charge is -2.08. The largest absolute Gasteiger partial charge is 0.545 e. The van der Waals surface area contributed by atoms with Crippen LogP contribution in [0.15, 0.2) is 59.5 Å². The minimum atomic E-state index is -3.91. The van der Waals surface area contributed by atoms with Gasteiger partial charge in [0.1, 0.15) is 10.6 Å². The maximum Gasteiger partial charge on any atom is 0.339 e. The molecule has 0 atom stereocenters. The minimum absolute atomic E-state index is 0.0268. The van der Waals surface area contributed by atoms with Crippen molar-refractivity contribution in [1.82, 2.24) is 0 Å². The number of carbonyl (C=O) groups is 1. The Morgan fingerprint density at radius 1 is 0.947 bits per heavy atom. The first-order valence-corrected chi connectivity index (χ1v) is 6.71. The van der Waals surface area contributed by atoms with Crippen molar-refractivity contribution in [3.05, 3.63) is 60.2 Å². The van der Waals surface area contributed by atoms with Crippen LogP contribution in [0.2, 0.25) is 0 Å². The zero-order chi connectivity index (χ0) is 13.9. The first kappa shape index (κ1) is 13.1. The summed E-state index contributed by atoms with van der Waals surface area (Å²) in [5.41, 5.74) is -0.0514. The van der Waals surface area contributed by atoms with Crippen molar-refractivity contribution >= 4 is 16.1 Å². The summed E-state index contributed by atoms with van der Waals surface area (Å²) in [4.78, 5) is 10.6. The highest BCUT2D eigenvalue weighted by Crippen LogP contribution is 2.18. The summed E-state index contributed by atoms with van der Waals surface area (Å²) in [5.74, 6) is -1.30. The Morgan fingerprint density at radius 2 is 1.53 bits per heavy atom. The molecule has 0 heterocycles. The molecule has 0 N–H and O–H groups in total. The SMILES string of the molecule is O=C([O-])c1ccc(OS(=O)(=O)c2ccccc2)cc1. The molecule has 5 nitrogen and oxygen atoms in total. The van der Waals surface area contributed by atoms with Gasteiger partial charge in [-0.2, -0.15) is 8.42 Å². The Hall–Kier alpha value is -2.34. The van der Waals surface area contributed by atoms with Gasteiger partial charge in [0.15, 0.2) is 0 Å². The third-order valence-electron chi connectivity index (χ3n) is 2.33. The predicted molar refractivity (Wildman–Crippen MR) is 65.0 cm³/mol. The number of carboxylic acids is 1. The van der Waals surface area contributed by atoms with Crippen LogP contribution in [0.5, 0.6) is 5.75 Å². The highest BCUT2D eigenvalue weighted by molar-refractivity contribution is 7.87. The molecule has 2 aromatic rings. The summed E-state index contributed by atoms with van der Waals surface area (Å²) < 4.78 is 28.6. The topological polar surface area (TPSA) is 83.5 Å². The van der Waals surface area contributed by atoms with Crippen molar-refractivity contribution in [3.8, 4) is 5.75 Å². The number of hydrogen-bond donors (Lipinski definition) is 0. The maximum atomic E-state index is 11.9. The van der Waals surface area contributed by atoms with E-state index < -0.39 is 16.1 Å². The molecule has 2 rings (SSSR count). The molecule has 2 aromatic carbocycles. The molecular formula is C13H9O5S-. The van der Waals surface area contributed by atoms with Crippen LogP contribution in [-0.4, -0.2) is 14.4 Å². The average molecular weight is 277 g/mol. The lowest BCUT2D eigenvalue weighted by molar-refractivity contribution is -0.255. The molecule has 0 unspecified atom stereocenters. The van der Waals surface area contributed by atoms with Crippen LogP contribution in [0.3, 0.4) is 0 Å². The molecule has 6 heteroatoms. The van der Waals surface area contributed by atoms with E-state index in [0.717, 1.165) is 0 Å². The average Bonchev–Trinajstić information content (AvgIpc) is 2.40. The monoisotopic (exact) mass is 277 g/mol. The number of hydrogen-bond acceptors (Lipinski definition) is 5. The molecule has 19 heavy (non-hydrogen) atoms. The molecule has 0 aliphatic rings. The van der Waals surface area contributed by atoms with Gasteiger partial charge >= 0.3 is 10.1 Å². The number of carboxylic acid groups (broad SMARTS) is 1. The van der Waals surface area contributed by atoms with Crippen molar-refractivity contribution < 1.29 is 22.5 Å². The van der Waals surface area contributed by atoms with Crippen LogP contribution in [0.4, 0.5) is 0 Å². The summed E-state index contributed by atoms with van der Waals surface area (Å²) in [6.07, 6.45) is 0. The fraction of sp³-hybridized carbons (Fsp3) is 0. The Balaban J connectivity index is 2.24. The van der Waals surface area contributed by atoms with Crippen molar-refractivity contribution in [2.24, 2.45) is 0 Å². The molecule has 0 saturated heterocycles. The van der Waals surface area contributed by atoms with Crippen LogP contribution < -0.4 is 9.29 Å². The van der Waals surface area contributed by atoms with E-state index in [-0.39, 0.29) is 16.2 Å². The fourth-order valence-corrected chi connectivity index (χ4v) is 2.36. The predicted octanol–water partition coefficient (Wildman–Crippen LogP) is 0.818. The van der Waals surface area contributed by atoms with Crippen LogP contribution in [-0.2, 0) is 10.1 Å². The molecule has 98 valence electrons. The summed E-state index contributed by atoms with van der Waals surface area (Å²) in [6, 6.07) is 12.6. The molecule has 0 aliphatic carbocycles. The van der Waals surface area contributed by atoms with Gasteiger partial charge in [0.25, 0.3) is 0 Å². The van der Waals surface area contributed by atoms with Crippen LogP contribution >= 0.6 is 0 Å². The second-order valence-corrected chi connectivity index (χ2v) is 5.21. The van der Waals surface area contributed by atoms with Crippen molar-refractivity contribution in [1.29, 1.82) is 0 Å². The van der Waals surface area contributed by atoms with Gasteiger partial charge in [-0.3, -0.25) is 0 Å². The third-order valence-corrected chi connectivity index (χ3v) is 3.59. The van der Waals surface area contributed by atoms with Gasteiger partial charge in [0, 0.05) is 0 Å². The molecule has 0 aromatic heterocycles. The standard InChI is InChI=1S/C13H10O5S/c14-13(15)10-6-8-11(9-7-10)18-19(16,17)12-4-2-1-3-5-12/h1-9H,(H,14,15)/p-1. The van der Waals surface area contributed by atoms with E-state index in [9.17, 15) is 18.3 Å². The van der Waals surface area contributed by atoms with E-state index in [4.69, 9.17) is 4.18 Å². The smallest absolute Gasteiger partial charge is 0.339 e. The Labute approximate surface area is 110 Å². The molecule has 0 fully saturated rings. The lowest BCUT2D eigenvalue weighted by atomic mass is 10.2. The van der Waals surface area contributed by atoms with Gasteiger partial charge in [-0.15, -0.1) is 0 Å². The molecule has 0 spiro atoms. The van der Waals surface area contributed by atoms with E-state index in [1.807, 2.05) is 0 Å². The van der Waals surface area contributed by atoms with Crippen molar-refractivity contribution in [3.63, 3.8) is 0 Å². The summed E-state index contributed by atoms with van der Waals surface area (Å²) in [6.45, 7) is 0. The molecule has 0 bridgehead atoms. The van der Waals surface area contributed by atoms with E-state index in [1.165, 1.54) is 36.4 Å². The second kappa shape index (κ2) is 5.11. The van der Waals surface area contributed by atoms with E-state index >= 15 is 0 Å². The van der Waals surface area contributed by atoms with Gasteiger partial charge < -0.3 is 14.1 Å². The summed E-state index contributed by atoms with van der Waals surface area (Å²) in [7, 11) is -3.91. The molecule has 0 radical (unpaired) electrons. The van der Waals surface area contributed by atoms with Crippen molar-refractivity contribution in [2.75, 3.05) is 0 Å². The van der Waals surface area contributed by atoms with Gasteiger partial charge in [0.2, 0.25) is 0 Å². The van der Waals surface area contributed by atoms with Gasteiger partial charge in [-0.1, -0.05) is 18.2 Å². The highest BCUT2D eigenvalue weighted by atomic mass is 32.2. The van der Waals surface area contributed by atoms with E-state index in [1.54, 1.807) is 18.2 Å². The second-order valence-electron chi connectivity index (χ2n) is 3.66. The zero-order valence-electron chi connectivity index (χ0n) is 9.65. The Kier molecular flexibility index (Phi) is 3.52. The lowest BCUT2D eigenvalue weighted by Crippen LogP contribution is -2.22. The maximum absolute atomic E-state index is 11.9. The summed E-state index contributed by atoms with van der Waals surface area (Å²) >= 11 is 0. The van der Waals surface area contributed by atoms with Gasteiger partial charge in [-0.05, 0) is 42.0 Å². The molecular weight excluding hydrogens is 268 g/mol. The van der Waals surface area contributed by atoms with Crippen molar-refractivity contribution in [2.45, 2.75) is 4.90 Å². The number of benzene rings is 2. The molecule has 0 aliphatic heterocycles. The fourth-order valence-electron chi connectivity index (χ4n) is 1.41. The third kappa shape index (κ3) is 3.11. The van der Waals surface area contributed by atoms with E-state index in [0.29, 0.717) is 0 Å². The van der Waals surface area contributed by atoms with Gasteiger partial charge in [0.05, 0.1) is 5.97 Å². The zero-order valence-corrected chi connectivity index (χ0v) is 10.5. The van der Waals surface area contributed by atoms with Crippen LogP contribution in [0.1, 0.15) is 10.4 Å². The minimum Gasteiger partial charge on any atom is -0.545 e.